The minimum atomic E-state index is -0.273. The van der Waals surface area contributed by atoms with Crippen molar-refractivity contribution in [2.24, 2.45) is 0 Å². The van der Waals surface area contributed by atoms with Crippen LogP contribution in [-0.2, 0) is 4.79 Å². The van der Waals surface area contributed by atoms with Gasteiger partial charge in [0.1, 0.15) is 5.65 Å². The number of carbonyl (C=O) groups excluding carboxylic acids is 1. The van der Waals surface area contributed by atoms with Gasteiger partial charge in [0.15, 0.2) is 0 Å². The van der Waals surface area contributed by atoms with Crippen molar-refractivity contribution in [2.45, 2.75) is 13.8 Å². The fourth-order valence-corrected chi connectivity index (χ4v) is 3.46. The van der Waals surface area contributed by atoms with Gasteiger partial charge < -0.3 is 5.32 Å². The molecule has 1 amide bonds. The van der Waals surface area contributed by atoms with E-state index in [2.05, 4.69) is 17.4 Å². The number of nitrogens with zero attached hydrogens (tertiary/aromatic N) is 2. The summed E-state index contributed by atoms with van der Waals surface area (Å²) >= 11 is 12.0. The Balaban J connectivity index is 1.69. The Morgan fingerprint density at radius 2 is 1.73 bits per heavy atom. The van der Waals surface area contributed by atoms with E-state index in [-0.39, 0.29) is 5.91 Å². The maximum absolute atomic E-state index is 12.5. The van der Waals surface area contributed by atoms with Gasteiger partial charge in [0, 0.05) is 23.5 Å². The number of anilines is 1. The summed E-state index contributed by atoms with van der Waals surface area (Å²) in [5, 5.41) is 3.62. The first-order chi connectivity index (χ1) is 14.4. The Hall–Kier alpha value is -3.08. The highest BCUT2D eigenvalue weighted by atomic mass is 35.5. The van der Waals surface area contributed by atoms with Crippen LogP contribution in [0.15, 0.2) is 66.9 Å². The van der Waals surface area contributed by atoms with Gasteiger partial charge in [-0.3, -0.25) is 9.20 Å². The lowest BCUT2D eigenvalue weighted by molar-refractivity contribution is -0.111. The van der Waals surface area contributed by atoms with E-state index in [4.69, 9.17) is 28.2 Å². The molecular weight excluding hydrogens is 417 g/mol. The maximum atomic E-state index is 12.5. The third-order valence-electron chi connectivity index (χ3n) is 4.72. The van der Waals surface area contributed by atoms with Crippen molar-refractivity contribution in [2.75, 3.05) is 5.32 Å². The Morgan fingerprint density at radius 3 is 2.47 bits per heavy atom. The number of amides is 1. The number of carbonyl (C=O) groups is 1. The fraction of sp³-hybridized carbons (Fsp3) is 0.0833. The predicted molar refractivity (Wildman–Crippen MR) is 124 cm³/mol. The molecule has 0 aliphatic heterocycles. The van der Waals surface area contributed by atoms with Crippen molar-refractivity contribution in [1.82, 2.24) is 9.38 Å². The summed E-state index contributed by atoms with van der Waals surface area (Å²) in [5.41, 5.74) is 6.35. The van der Waals surface area contributed by atoms with E-state index in [9.17, 15) is 4.79 Å². The molecule has 0 aliphatic carbocycles. The second-order valence-electron chi connectivity index (χ2n) is 7.10. The molecule has 0 spiro atoms. The fourth-order valence-electron chi connectivity index (χ4n) is 3.16. The molecule has 2 aromatic heterocycles. The lowest BCUT2D eigenvalue weighted by Gasteiger charge is -2.04. The number of imidazole rings is 1. The molecule has 0 atom stereocenters. The van der Waals surface area contributed by atoms with Crippen molar-refractivity contribution in [1.29, 1.82) is 0 Å². The van der Waals surface area contributed by atoms with Crippen LogP contribution < -0.4 is 5.32 Å². The smallest absolute Gasteiger partial charge is 0.248 e. The van der Waals surface area contributed by atoms with Crippen molar-refractivity contribution < 1.29 is 4.79 Å². The lowest BCUT2D eigenvalue weighted by Crippen LogP contribution is -2.07. The Morgan fingerprint density at radius 1 is 0.967 bits per heavy atom. The summed E-state index contributed by atoms with van der Waals surface area (Å²) in [4.78, 5) is 17.3. The molecule has 30 heavy (non-hydrogen) atoms. The van der Waals surface area contributed by atoms with Gasteiger partial charge in [0.2, 0.25) is 5.91 Å². The highest BCUT2D eigenvalue weighted by Gasteiger charge is 2.13. The minimum absolute atomic E-state index is 0.273. The van der Waals surface area contributed by atoms with Crippen molar-refractivity contribution in [3.05, 3.63) is 93.7 Å². The molecule has 4 rings (SSSR count). The van der Waals surface area contributed by atoms with Gasteiger partial charge in [-0.25, -0.2) is 4.98 Å². The number of pyridine rings is 1. The number of hydrogen-bond acceptors (Lipinski definition) is 2. The van der Waals surface area contributed by atoms with Gasteiger partial charge in [-0.2, -0.15) is 0 Å². The number of aromatic nitrogens is 2. The van der Waals surface area contributed by atoms with Gasteiger partial charge in [-0.05, 0) is 55.8 Å². The number of hydrogen-bond donors (Lipinski definition) is 1. The molecule has 4 aromatic rings. The first-order valence-electron chi connectivity index (χ1n) is 9.40. The lowest BCUT2D eigenvalue weighted by atomic mass is 10.1. The van der Waals surface area contributed by atoms with Crippen LogP contribution in [0.2, 0.25) is 10.0 Å². The molecule has 2 aromatic carbocycles. The highest BCUT2D eigenvalue weighted by molar-refractivity contribution is 6.42. The molecule has 0 saturated carbocycles. The number of fused-ring (bicyclic) bond motifs is 1. The standard InChI is InChI=1S/C24H19Cl2N3O/c1-15-3-5-17(6-4-15)24-21(29-12-11-16(2)13-22(29)28-24)9-10-23(30)27-18-7-8-19(25)20(26)14-18/h3-14H,1-2H3,(H,27,30)/b10-9+. The summed E-state index contributed by atoms with van der Waals surface area (Å²) in [6, 6.07) is 17.2. The van der Waals surface area contributed by atoms with Gasteiger partial charge in [0.05, 0.1) is 21.4 Å². The molecule has 4 nitrogen and oxygen atoms in total. The predicted octanol–water partition coefficient (Wildman–Crippen LogP) is 6.58. The van der Waals surface area contributed by atoms with Gasteiger partial charge in [0.25, 0.3) is 0 Å². The monoisotopic (exact) mass is 435 g/mol. The first kappa shape index (κ1) is 20.2. The van der Waals surface area contributed by atoms with E-state index in [1.807, 2.05) is 48.7 Å². The summed E-state index contributed by atoms with van der Waals surface area (Å²) in [6.07, 6.45) is 5.23. The van der Waals surface area contributed by atoms with Crippen LogP contribution in [0.1, 0.15) is 16.8 Å². The average molecular weight is 436 g/mol. The van der Waals surface area contributed by atoms with Crippen molar-refractivity contribution in [3.8, 4) is 11.3 Å². The molecule has 0 aliphatic rings. The summed E-state index contributed by atoms with van der Waals surface area (Å²) < 4.78 is 1.98. The summed E-state index contributed by atoms with van der Waals surface area (Å²) in [7, 11) is 0. The van der Waals surface area contributed by atoms with E-state index in [1.54, 1.807) is 24.3 Å². The Kier molecular flexibility index (Phi) is 5.62. The molecule has 0 bridgehead atoms. The van der Waals surface area contributed by atoms with Gasteiger partial charge in [-0.1, -0.05) is 53.0 Å². The summed E-state index contributed by atoms with van der Waals surface area (Å²) in [5.74, 6) is -0.273. The molecular formula is C24H19Cl2N3O. The second kappa shape index (κ2) is 8.34. The van der Waals surface area contributed by atoms with Crippen LogP contribution in [0.4, 0.5) is 5.69 Å². The van der Waals surface area contributed by atoms with Crippen LogP contribution >= 0.6 is 23.2 Å². The van der Waals surface area contributed by atoms with E-state index in [0.717, 1.165) is 28.2 Å². The van der Waals surface area contributed by atoms with Crippen molar-refractivity contribution in [3.63, 3.8) is 0 Å². The highest BCUT2D eigenvalue weighted by Crippen LogP contribution is 2.27. The van der Waals surface area contributed by atoms with Crippen LogP contribution in [0.5, 0.6) is 0 Å². The first-order valence-corrected chi connectivity index (χ1v) is 10.2. The number of nitrogens with one attached hydrogen (secondary N) is 1. The molecule has 0 radical (unpaired) electrons. The van der Waals surface area contributed by atoms with E-state index in [1.165, 1.54) is 11.6 Å². The molecule has 2 heterocycles. The third-order valence-corrected chi connectivity index (χ3v) is 5.46. The third kappa shape index (κ3) is 4.25. The molecule has 0 saturated heterocycles. The summed E-state index contributed by atoms with van der Waals surface area (Å²) in [6.45, 7) is 4.07. The molecule has 0 fully saturated rings. The molecule has 6 heteroatoms. The van der Waals surface area contributed by atoms with Crippen LogP contribution in [0, 0.1) is 13.8 Å². The quantitative estimate of drug-likeness (QED) is 0.368. The van der Waals surface area contributed by atoms with E-state index < -0.39 is 0 Å². The normalized spacial score (nSPS) is 11.3. The topological polar surface area (TPSA) is 46.4 Å². The van der Waals surface area contributed by atoms with Crippen LogP contribution in [-0.4, -0.2) is 15.3 Å². The minimum Gasteiger partial charge on any atom is -0.322 e. The number of benzene rings is 2. The zero-order valence-electron chi connectivity index (χ0n) is 16.5. The molecule has 150 valence electrons. The molecule has 0 unspecified atom stereocenters. The second-order valence-corrected chi connectivity index (χ2v) is 7.91. The SMILES string of the molecule is Cc1ccc(-c2nc3cc(C)ccn3c2/C=C/C(=O)Nc2ccc(Cl)c(Cl)c2)cc1. The number of halogens is 2. The maximum Gasteiger partial charge on any atom is 0.248 e. The van der Waals surface area contributed by atoms with E-state index in [0.29, 0.717) is 15.7 Å². The zero-order chi connectivity index (χ0) is 21.3. The average Bonchev–Trinajstić information content (AvgIpc) is 3.07. The van der Waals surface area contributed by atoms with Crippen molar-refractivity contribution >= 4 is 46.5 Å². The number of aryl methyl sites for hydroxylation is 2. The zero-order valence-corrected chi connectivity index (χ0v) is 18.0. The number of rotatable bonds is 4. The largest absolute Gasteiger partial charge is 0.322 e. The van der Waals surface area contributed by atoms with Gasteiger partial charge >= 0.3 is 0 Å². The molecule has 1 N–H and O–H groups in total. The Labute approximate surface area is 184 Å². The van der Waals surface area contributed by atoms with E-state index >= 15 is 0 Å². The van der Waals surface area contributed by atoms with Crippen LogP contribution in [0.3, 0.4) is 0 Å². The van der Waals surface area contributed by atoms with Gasteiger partial charge in [-0.15, -0.1) is 0 Å². The van der Waals surface area contributed by atoms with Crippen LogP contribution in [0.25, 0.3) is 23.0 Å². The Bertz CT molecular complexity index is 1270.